The maximum absolute atomic E-state index is 5.72. The molecule has 134 valence electrons. The summed E-state index contributed by atoms with van der Waals surface area (Å²) in [5.74, 6) is 3.02. The summed E-state index contributed by atoms with van der Waals surface area (Å²) in [6.07, 6.45) is 21.6. The van der Waals surface area contributed by atoms with E-state index >= 15 is 0 Å². The number of nitrogens with zero attached hydrogens (tertiary/aromatic N) is 1. The fourth-order valence-electron chi connectivity index (χ4n) is 2.56. The lowest BCUT2D eigenvalue weighted by Gasteiger charge is -2.26. The molecule has 0 rings (SSSR count). The van der Waals surface area contributed by atoms with Gasteiger partial charge in [0.1, 0.15) is 0 Å². The lowest BCUT2D eigenvalue weighted by Crippen LogP contribution is -2.21. The Hall–Kier alpha value is -1.64. The number of terminal acetylenes is 1. The van der Waals surface area contributed by atoms with Crippen molar-refractivity contribution in [1.82, 2.24) is 4.90 Å². The quantitative estimate of drug-likeness (QED) is 0.174. The lowest BCUT2D eigenvalue weighted by atomic mass is 9.79. The average molecular weight is 328 g/mol. The summed E-state index contributed by atoms with van der Waals surface area (Å²) in [7, 11) is 2.10. The summed E-state index contributed by atoms with van der Waals surface area (Å²) in [5.41, 5.74) is 4.34. The Morgan fingerprint density at radius 2 is 1.96 bits per heavy atom. The number of hydrogen-bond acceptors (Lipinski definition) is 1. The van der Waals surface area contributed by atoms with Gasteiger partial charge in [-0.2, -0.15) is 0 Å². The first-order valence-corrected chi connectivity index (χ1v) is 9.31. The molecule has 0 fully saturated rings. The van der Waals surface area contributed by atoms with E-state index in [1.165, 1.54) is 31.3 Å². The summed E-state index contributed by atoms with van der Waals surface area (Å²) >= 11 is 0. The van der Waals surface area contributed by atoms with Gasteiger partial charge >= 0.3 is 0 Å². The van der Waals surface area contributed by atoms with Crippen molar-refractivity contribution < 1.29 is 0 Å². The molecule has 0 aromatic carbocycles. The molecule has 0 bridgehead atoms. The summed E-state index contributed by atoms with van der Waals surface area (Å²) in [6, 6.07) is 0. The molecule has 0 aliphatic rings. The van der Waals surface area contributed by atoms with Crippen LogP contribution in [0.5, 0.6) is 0 Å². The number of allylic oxidation sites excluding steroid dienone is 3. The molecule has 1 nitrogen and oxygen atoms in total. The van der Waals surface area contributed by atoms with Gasteiger partial charge < -0.3 is 4.90 Å². The minimum Gasteiger partial charge on any atom is -0.376 e. The highest BCUT2D eigenvalue weighted by Gasteiger charge is 2.22. The number of likely N-dealkylation sites (N-methyl/N-ethyl adjacent to an activating group) is 1. The van der Waals surface area contributed by atoms with Crippen LogP contribution >= 0.6 is 0 Å². The third-order valence-electron chi connectivity index (χ3n) is 4.33. The van der Waals surface area contributed by atoms with Crippen molar-refractivity contribution in [1.29, 1.82) is 0 Å². The molecule has 0 amide bonds. The molecule has 0 N–H and O–H groups in total. The van der Waals surface area contributed by atoms with E-state index in [-0.39, 0.29) is 11.3 Å². The highest BCUT2D eigenvalue weighted by atomic mass is 15.1. The van der Waals surface area contributed by atoms with Crippen LogP contribution < -0.4 is 0 Å². The second-order valence-electron chi connectivity index (χ2n) is 7.12. The number of rotatable bonds is 12. The van der Waals surface area contributed by atoms with Crippen LogP contribution in [0.4, 0.5) is 0 Å². The zero-order valence-corrected chi connectivity index (χ0v) is 16.6. The molecule has 1 unspecified atom stereocenters. The van der Waals surface area contributed by atoms with Crippen molar-refractivity contribution in [2.24, 2.45) is 11.3 Å². The zero-order chi connectivity index (χ0) is 18.4. The average Bonchev–Trinajstić information content (AvgIpc) is 2.56. The minimum atomic E-state index is -0.0616. The molecule has 24 heavy (non-hydrogen) atoms. The highest BCUT2D eigenvalue weighted by molar-refractivity contribution is 5.16. The van der Waals surface area contributed by atoms with Crippen molar-refractivity contribution in [3.8, 4) is 12.3 Å². The van der Waals surface area contributed by atoms with Crippen LogP contribution in [0.25, 0.3) is 0 Å². The Labute approximate surface area is 151 Å². The molecular formula is C23H37N. The molecule has 0 aromatic rings. The molecule has 0 spiro atoms. The van der Waals surface area contributed by atoms with E-state index in [4.69, 9.17) is 6.42 Å². The molecule has 0 radical (unpaired) electrons. The van der Waals surface area contributed by atoms with Crippen LogP contribution in [0, 0.1) is 23.7 Å². The Morgan fingerprint density at radius 3 is 2.50 bits per heavy atom. The van der Waals surface area contributed by atoms with E-state index in [9.17, 15) is 0 Å². The van der Waals surface area contributed by atoms with E-state index in [0.29, 0.717) is 0 Å². The molecule has 0 aromatic heterocycles. The van der Waals surface area contributed by atoms with E-state index in [1.807, 2.05) is 0 Å². The Balaban J connectivity index is 4.63. The summed E-state index contributed by atoms with van der Waals surface area (Å²) in [5, 5.41) is 0. The topological polar surface area (TPSA) is 3.24 Å². The fourth-order valence-corrected chi connectivity index (χ4v) is 2.56. The molecule has 0 saturated carbocycles. The largest absolute Gasteiger partial charge is 0.376 e. The standard InChI is InChI=1S/C23H37N/c1-8-12-14-15-16-21(10-3)20-24(7)19-18-23(5,6)22(11-4)17-13-9-2/h4,13,17-19,22H,3,8-9,12,14-16,20H2,1-2,5-7H3/b17-13-,19-18-. The molecule has 0 aliphatic heterocycles. The fraction of sp³-hybridized carbons (Fsp3) is 0.609. The van der Waals surface area contributed by atoms with Gasteiger partial charge in [-0.15, -0.1) is 12.2 Å². The van der Waals surface area contributed by atoms with Crippen molar-refractivity contribution in [3.05, 3.63) is 42.3 Å². The summed E-state index contributed by atoms with van der Waals surface area (Å²) in [6.45, 7) is 13.5. The first-order valence-electron chi connectivity index (χ1n) is 9.31. The Bertz CT molecular complexity index is 481. The van der Waals surface area contributed by atoms with Crippen LogP contribution in [0.2, 0.25) is 0 Å². The molecular weight excluding hydrogens is 290 g/mol. The molecule has 1 heteroatoms. The third kappa shape index (κ3) is 9.49. The molecule has 0 saturated heterocycles. The zero-order valence-electron chi connectivity index (χ0n) is 16.6. The van der Waals surface area contributed by atoms with E-state index < -0.39 is 0 Å². The van der Waals surface area contributed by atoms with Gasteiger partial charge in [0.2, 0.25) is 0 Å². The number of unbranched alkanes of at least 4 members (excludes halogenated alkanes) is 3. The van der Waals surface area contributed by atoms with Crippen molar-refractivity contribution in [3.63, 3.8) is 0 Å². The van der Waals surface area contributed by atoms with Gasteiger partial charge in [0.05, 0.1) is 0 Å². The highest BCUT2D eigenvalue weighted by Crippen LogP contribution is 2.29. The predicted octanol–water partition coefficient (Wildman–Crippen LogP) is 6.36. The van der Waals surface area contributed by atoms with Gasteiger partial charge in [-0.3, -0.25) is 0 Å². The molecule has 1 atom stereocenters. The van der Waals surface area contributed by atoms with Gasteiger partial charge in [0.15, 0.2) is 0 Å². The van der Waals surface area contributed by atoms with E-state index in [1.54, 1.807) is 0 Å². The molecule has 0 heterocycles. The minimum absolute atomic E-state index is 0.0616. The normalized spacial score (nSPS) is 13.0. The van der Waals surface area contributed by atoms with Crippen molar-refractivity contribution in [2.45, 2.75) is 66.2 Å². The summed E-state index contributed by atoms with van der Waals surface area (Å²) < 4.78 is 0. The first kappa shape index (κ1) is 22.4. The monoisotopic (exact) mass is 327 g/mol. The van der Waals surface area contributed by atoms with Crippen LogP contribution in [0.1, 0.15) is 66.2 Å². The second kappa shape index (κ2) is 12.7. The Kier molecular flexibility index (Phi) is 11.9. The van der Waals surface area contributed by atoms with Gasteiger partial charge in [-0.25, -0.2) is 0 Å². The van der Waals surface area contributed by atoms with Crippen LogP contribution in [-0.4, -0.2) is 18.5 Å². The summed E-state index contributed by atoms with van der Waals surface area (Å²) in [4.78, 5) is 2.20. The first-order chi connectivity index (χ1) is 11.4. The van der Waals surface area contributed by atoms with Crippen LogP contribution in [0.15, 0.2) is 42.3 Å². The number of hydrogen-bond donors (Lipinski definition) is 0. The van der Waals surface area contributed by atoms with Crippen molar-refractivity contribution >= 4 is 0 Å². The Morgan fingerprint density at radius 1 is 1.25 bits per heavy atom. The SMILES string of the molecule is C#CC(/C=C\CC)C(C)(C)/C=C\N(C)CC(=C=C)CCCCCC. The van der Waals surface area contributed by atoms with Gasteiger partial charge in [-0.05, 0) is 31.0 Å². The van der Waals surface area contributed by atoms with Crippen LogP contribution in [0.3, 0.4) is 0 Å². The smallest absolute Gasteiger partial charge is 0.0466 e. The maximum atomic E-state index is 5.72. The van der Waals surface area contributed by atoms with Gasteiger partial charge in [0, 0.05) is 24.9 Å². The van der Waals surface area contributed by atoms with E-state index in [0.717, 1.165) is 19.4 Å². The second-order valence-corrected chi connectivity index (χ2v) is 7.12. The van der Waals surface area contributed by atoms with Crippen molar-refractivity contribution in [2.75, 3.05) is 13.6 Å². The van der Waals surface area contributed by atoms with Gasteiger partial charge in [0.25, 0.3) is 0 Å². The third-order valence-corrected chi connectivity index (χ3v) is 4.33. The lowest BCUT2D eigenvalue weighted by molar-refractivity contribution is 0.396. The maximum Gasteiger partial charge on any atom is 0.0466 e. The van der Waals surface area contributed by atoms with Gasteiger partial charge in [-0.1, -0.05) is 77.7 Å². The predicted molar refractivity (Wildman–Crippen MR) is 109 cm³/mol. The van der Waals surface area contributed by atoms with Crippen LogP contribution in [-0.2, 0) is 0 Å². The molecule has 0 aliphatic carbocycles. The van der Waals surface area contributed by atoms with E-state index in [2.05, 4.69) is 82.3 Å².